The van der Waals surface area contributed by atoms with Gasteiger partial charge in [0, 0.05) is 18.9 Å². The molecule has 2 rings (SSSR count). The highest BCUT2D eigenvalue weighted by Gasteiger charge is 2.03. The molecule has 0 aliphatic heterocycles. The Hall–Kier alpha value is -2.36. The molecule has 1 amide bonds. The summed E-state index contributed by atoms with van der Waals surface area (Å²) in [7, 11) is 0. The summed E-state index contributed by atoms with van der Waals surface area (Å²) in [4.78, 5) is 15.8. The van der Waals surface area contributed by atoms with Crippen molar-refractivity contribution in [3.05, 3.63) is 59.9 Å². The van der Waals surface area contributed by atoms with Crippen molar-refractivity contribution in [1.29, 1.82) is 0 Å². The number of hydrogen-bond acceptors (Lipinski definition) is 3. The molecule has 0 spiro atoms. The molecular formula is C16H18N2O2. The first-order chi connectivity index (χ1) is 9.78. The average Bonchev–Trinajstić information content (AvgIpc) is 2.49. The van der Waals surface area contributed by atoms with Crippen LogP contribution in [0.2, 0.25) is 0 Å². The predicted octanol–water partition coefficient (Wildman–Crippen LogP) is 2.34. The van der Waals surface area contributed by atoms with Crippen molar-refractivity contribution >= 4 is 5.91 Å². The SMILES string of the molecule is CCOc1ccc(CC(=O)NCc2cccnc2)cc1. The van der Waals surface area contributed by atoms with Crippen LogP contribution >= 0.6 is 0 Å². The first-order valence-electron chi connectivity index (χ1n) is 6.65. The number of carbonyl (C=O) groups is 1. The lowest BCUT2D eigenvalue weighted by molar-refractivity contribution is -0.120. The van der Waals surface area contributed by atoms with Crippen LogP contribution in [-0.2, 0) is 17.8 Å². The molecule has 0 fully saturated rings. The summed E-state index contributed by atoms with van der Waals surface area (Å²) in [5, 5.41) is 2.88. The first-order valence-corrected chi connectivity index (χ1v) is 6.65. The molecule has 1 heterocycles. The third-order valence-electron chi connectivity index (χ3n) is 2.81. The molecule has 2 aromatic rings. The van der Waals surface area contributed by atoms with E-state index < -0.39 is 0 Å². The van der Waals surface area contributed by atoms with Gasteiger partial charge in [-0.05, 0) is 36.2 Å². The van der Waals surface area contributed by atoms with Gasteiger partial charge < -0.3 is 10.1 Å². The van der Waals surface area contributed by atoms with E-state index in [1.165, 1.54) is 0 Å². The summed E-state index contributed by atoms with van der Waals surface area (Å²) in [5.41, 5.74) is 1.96. The fourth-order valence-electron chi connectivity index (χ4n) is 1.82. The van der Waals surface area contributed by atoms with Crippen molar-refractivity contribution in [1.82, 2.24) is 10.3 Å². The van der Waals surface area contributed by atoms with Crippen LogP contribution in [0.4, 0.5) is 0 Å². The molecule has 0 saturated heterocycles. The van der Waals surface area contributed by atoms with E-state index in [1.807, 2.05) is 43.3 Å². The van der Waals surface area contributed by atoms with Gasteiger partial charge >= 0.3 is 0 Å². The highest BCUT2D eigenvalue weighted by atomic mass is 16.5. The van der Waals surface area contributed by atoms with Gasteiger partial charge in [-0.2, -0.15) is 0 Å². The third kappa shape index (κ3) is 4.39. The lowest BCUT2D eigenvalue weighted by Gasteiger charge is -2.06. The zero-order valence-corrected chi connectivity index (χ0v) is 11.5. The second-order valence-corrected chi connectivity index (χ2v) is 4.39. The number of hydrogen-bond donors (Lipinski definition) is 1. The Morgan fingerprint density at radius 2 is 2.00 bits per heavy atom. The third-order valence-corrected chi connectivity index (χ3v) is 2.81. The molecule has 0 atom stereocenters. The van der Waals surface area contributed by atoms with Gasteiger partial charge in [0.05, 0.1) is 13.0 Å². The maximum atomic E-state index is 11.8. The topological polar surface area (TPSA) is 51.2 Å². The summed E-state index contributed by atoms with van der Waals surface area (Å²) in [6.07, 6.45) is 3.83. The molecule has 4 heteroatoms. The molecule has 0 saturated carbocycles. The summed E-state index contributed by atoms with van der Waals surface area (Å²) in [6, 6.07) is 11.4. The first kappa shape index (κ1) is 14.1. The van der Waals surface area contributed by atoms with E-state index in [0.29, 0.717) is 19.6 Å². The molecule has 0 aliphatic carbocycles. The molecular weight excluding hydrogens is 252 g/mol. The number of rotatable bonds is 6. The number of aromatic nitrogens is 1. The molecule has 1 aromatic heterocycles. The smallest absolute Gasteiger partial charge is 0.224 e. The molecule has 1 N–H and O–H groups in total. The van der Waals surface area contributed by atoms with E-state index in [1.54, 1.807) is 12.4 Å². The number of carbonyl (C=O) groups excluding carboxylic acids is 1. The van der Waals surface area contributed by atoms with Crippen LogP contribution in [0.5, 0.6) is 5.75 Å². The van der Waals surface area contributed by atoms with Crippen LogP contribution < -0.4 is 10.1 Å². The van der Waals surface area contributed by atoms with Crippen molar-refractivity contribution in [2.24, 2.45) is 0 Å². The highest BCUT2D eigenvalue weighted by molar-refractivity contribution is 5.78. The predicted molar refractivity (Wildman–Crippen MR) is 77.4 cm³/mol. The van der Waals surface area contributed by atoms with Crippen molar-refractivity contribution in [3.63, 3.8) is 0 Å². The highest BCUT2D eigenvalue weighted by Crippen LogP contribution is 2.12. The van der Waals surface area contributed by atoms with Gasteiger partial charge in [0.1, 0.15) is 5.75 Å². The maximum absolute atomic E-state index is 11.8. The minimum atomic E-state index is -0.00184. The van der Waals surface area contributed by atoms with Gasteiger partial charge in [-0.25, -0.2) is 0 Å². The van der Waals surface area contributed by atoms with Crippen molar-refractivity contribution in [2.75, 3.05) is 6.61 Å². The molecule has 0 radical (unpaired) electrons. The Balaban J connectivity index is 1.82. The van der Waals surface area contributed by atoms with Crippen LogP contribution in [0.15, 0.2) is 48.8 Å². The van der Waals surface area contributed by atoms with Crippen LogP contribution in [0, 0.1) is 0 Å². The van der Waals surface area contributed by atoms with Gasteiger partial charge in [0.15, 0.2) is 0 Å². The average molecular weight is 270 g/mol. The number of benzene rings is 1. The van der Waals surface area contributed by atoms with Gasteiger partial charge in [0.2, 0.25) is 5.91 Å². The van der Waals surface area contributed by atoms with Crippen molar-refractivity contribution in [3.8, 4) is 5.75 Å². The van der Waals surface area contributed by atoms with Gasteiger partial charge in [-0.1, -0.05) is 18.2 Å². The fourth-order valence-corrected chi connectivity index (χ4v) is 1.82. The monoisotopic (exact) mass is 270 g/mol. The largest absolute Gasteiger partial charge is 0.494 e. The van der Waals surface area contributed by atoms with Gasteiger partial charge in [0.25, 0.3) is 0 Å². The molecule has 20 heavy (non-hydrogen) atoms. The standard InChI is InChI=1S/C16H18N2O2/c1-2-20-15-7-5-13(6-8-15)10-16(19)18-12-14-4-3-9-17-11-14/h3-9,11H,2,10,12H2,1H3,(H,18,19). The minimum Gasteiger partial charge on any atom is -0.494 e. The minimum absolute atomic E-state index is 0.00184. The summed E-state index contributed by atoms with van der Waals surface area (Å²) >= 11 is 0. The molecule has 4 nitrogen and oxygen atoms in total. The fraction of sp³-hybridized carbons (Fsp3) is 0.250. The zero-order chi connectivity index (χ0) is 14.2. The van der Waals surface area contributed by atoms with Crippen molar-refractivity contribution in [2.45, 2.75) is 19.9 Å². The molecule has 0 bridgehead atoms. The zero-order valence-electron chi connectivity index (χ0n) is 11.5. The van der Waals surface area contributed by atoms with E-state index in [9.17, 15) is 4.79 Å². The van der Waals surface area contributed by atoms with Gasteiger partial charge in [-0.15, -0.1) is 0 Å². The van der Waals surface area contributed by atoms with Gasteiger partial charge in [-0.3, -0.25) is 9.78 Å². The van der Waals surface area contributed by atoms with Crippen LogP contribution in [0.1, 0.15) is 18.1 Å². The van der Waals surface area contributed by atoms with E-state index in [-0.39, 0.29) is 5.91 Å². The Kier molecular flexibility index (Phi) is 5.12. The second kappa shape index (κ2) is 7.28. The Morgan fingerprint density at radius 3 is 2.65 bits per heavy atom. The maximum Gasteiger partial charge on any atom is 0.224 e. The summed E-state index contributed by atoms with van der Waals surface area (Å²) < 4.78 is 5.36. The van der Waals surface area contributed by atoms with E-state index in [4.69, 9.17) is 4.74 Å². The number of amides is 1. The van der Waals surface area contributed by atoms with Crippen molar-refractivity contribution < 1.29 is 9.53 Å². The van der Waals surface area contributed by atoms with Crippen LogP contribution in [0.25, 0.3) is 0 Å². The quantitative estimate of drug-likeness (QED) is 0.876. The molecule has 0 aliphatic rings. The molecule has 104 valence electrons. The van der Waals surface area contributed by atoms with E-state index in [0.717, 1.165) is 16.9 Å². The normalized spacial score (nSPS) is 10.1. The molecule has 1 aromatic carbocycles. The Labute approximate surface area is 118 Å². The van der Waals surface area contributed by atoms with E-state index in [2.05, 4.69) is 10.3 Å². The lowest BCUT2D eigenvalue weighted by atomic mass is 10.1. The summed E-state index contributed by atoms with van der Waals surface area (Å²) in [5.74, 6) is 0.824. The second-order valence-electron chi connectivity index (χ2n) is 4.39. The number of pyridine rings is 1. The van der Waals surface area contributed by atoms with Crippen LogP contribution in [-0.4, -0.2) is 17.5 Å². The number of nitrogens with zero attached hydrogens (tertiary/aromatic N) is 1. The lowest BCUT2D eigenvalue weighted by Crippen LogP contribution is -2.24. The molecule has 0 unspecified atom stereocenters. The number of nitrogens with one attached hydrogen (secondary N) is 1. The Morgan fingerprint density at radius 1 is 1.20 bits per heavy atom. The number of ether oxygens (including phenoxy) is 1. The van der Waals surface area contributed by atoms with Crippen LogP contribution in [0.3, 0.4) is 0 Å². The Bertz CT molecular complexity index is 538. The summed E-state index contributed by atoms with van der Waals surface area (Å²) in [6.45, 7) is 3.09. The van der Waals surface area contributed by atoms with E-state index >= 15 is 0 Å².